The molecule has 1 aromatic rings. The first-order chi connectivity index (χ1) is 8.08. The lowest BCUT2D eigenvalue weighted by atomic mass is 10.0. The molecule has 0 aliphatic rings. The minimum Gasteiger partial charge on any atom is -0.506 e. The van der Waals surface area contributed by atoms with Gasteiger partial charge in [0.2, 0.25) is 5.91 Å². The molecule has 1 amide bonds. The number of benzene rings is 1. The van der Waals surface area contributed by atoms with Crippen molar-refractivity contribution in [1.82, 2.24) is 0 Å². The van der Waals surface area contributed by atoms with Crippen LogP contribution in [0.15, 0.2) is 18.2 Å². The molecule has 17 heavy (non-hydrogen) atoms. The summed E-state index contributed by atoms with van der Waals surface area (Å²) in [6, 6.07) is 4.54. The predicted octanol–water partition coefficient (Wildman–Crippen LogP) is 2.36. The highest BCUT2D eigenvalue weighted by Crippen LogP contribution is 2.26. The van der Waals surface area contributed by atoms with Gasteiger partial charge in [0.1, 0.15) is 5.75 Å². The molecule has 0 spiro atoms. The Balaban J connectivity index is 2.69. The zero-order valence-electron chi connectivity index (χ0n) is 9.74. The molecule has 1 aromatic carbocycles. The van der Waals surface area contributed by atoms with Crippen molar-refractivity contribution in [2.75, 3.05) is 11.9 Å². The number of aromatic hydroxyl groups is 1. The first-order valence-electron chi connectivity index (χ1n) is 5.58. The van der Waals surface area contributed by atoms with Crippen LogP contribution in [0.4, 0.5) is 5.69 Å². The largest absolute Gasteiger partial charge is 0.506 e. The van der Waals surface area contributed by atoms with Crippen LogP contribution in [0.25, 0.3) is 0 Å². The van der Waals surface area contributed by atoms with E-state index in [1.165, 1.54) is 12.1 Å². The third kappa shape index (κ3) is 3.91. The molecule has 4 nitrogen and oxygen atoms in total. The number of rotatable bonds is 5. The molecule has 4 N–H and O–H groups in total. The van der Waals surface area contributed by atoms with Crippen molar-refractivity contribution < 1.29 is 9.90 Å². The van der Waals surface area contributed by atoms with Crippen molar-refractivity contribution >= 4 is 23.2 Å². The van der Waals surface area contributed by atoms with Gasteiger partial charge in [-0.25, -0.2) is 0 Å². The Morgan fingerprint density at radius 1 is 1.59 bits per heavy atom. The smallest absolute Gasteiger partial charge is 0.228 e. The summed E-state index contributed by atoms with van der Waals surface area (Å²) in [5.74, 6) is -0.308. The molecule has 1 atom stereocenters. The molecule has 0 bridgehead atoms. The number of hydrogen-bond acceptors (Lipinski definition) is 3. The van der Waals surface area contributed by atoms with Gasteiger partial charge in [-0.15, -0.1) is 0 Å². The van der Waals surface area contributed by atoms with Crippen LogP contribution >= 0.6 is 11.6 Å². The molecule has 0 fully saturated rings. The number of halogens is 1. The second kappa shape index (κ2) is 6.47. The molecular weight excluding hydrogens is 240 g/mol. The predicted molar refractivity (Wildman–Crippen MR) is 69.2 cm³/mol. The molecule has 0 aromatic heterocycles. The van der Waals surface area contributed by atoms with Gasteiger partial charge in [-0.05, 0) is 24.6 Å². The summed E-state index contributed by atoms with van der Waals surface area (Å²) in [5.41, 5.74) is 6.10. The highest BCUT2D eigenvalue weighted by molar-refractivity contribution is 6.32. The molecular formula is C12H17ClN2O2. The zero-order chi connectivity index (χ0) is 12.8. The van der Waals surface area contributed by atoms with E-state index in [9.17, 15) is 9.90 Å². The lowest BCUT2D eigenvalue weighted by Gasteiger charge is -2.14. The third-order valence-corrected chi connectivity index (χ3v) is 2.81. The van der Waals surface area contributed by atoms with Crippen LogP contribution in [-0.2, 0) is 4.79 Å². The van der Waals surface area contributed by atoms with Gasteiger partial charge in [-0.3, -0.25) is 4.79 Å². The third-order valence-electron chi connectivity index (χ3n) is 2.51. The Kier molecular flexibility index (Phi) is 5.25. The Hall–Kier alpha value is -1.26. The van der Waals surface area contributed by atoms with E-state index < -0.39 is 0 Å². The zero-order valence-corrected chi connectivity index (χ0v) is 10.5. The minimum absolute atomic E-state index is 0.00593. The molecule has 0 heterocycles. The number of phenols is 1. The summed E-state index contributed by atoms with van der Waals surface area (Å²) in [6.07, 6.45) is 1.67. The summed E-state index contributed by atoms with van der Waals surface area (Å²) in [6.45, 7) is 2.33. The lowest BCUT2D eigenvalue weighted by molar-refractivity contribution is -0.119. The van der Waals surface area contributed by atoms with Crippen molar-refractivity contribution in [3.8, 4) is 5.75 Å². The van der Waals surface area contributed by atoms with Gasteiger partial charge in [-0.2, -0.15) is 0 Å². The molecule has 1 rings (SSSR count). The van der Waals surface area contributed by atoms with E-state index >= 15 is 0 Å². The quantitative estimate of drug-likeness (QED) is 0.708. The summed E-state index contributed by atoms with van der Waals surface area (Å²) < 4.78 is 0. The lowest BCUT2D eigenvalue weighted by Crippen LogP contribution is -2.29. The van der Waals surface area contributed by atoms with Crippen LogP contribution in [0, 0.1) is 5.92 Å². The molecule has 0 saturated carbocycles. The molecule has 0 saturated heterocycles. The SMILES string of the molecule is CCCC(CN)C(=O)Nc1ccc(O)c(Cl)c1. The van der Waals surface area contributed by atoms with E-state index in [2.05, 4.69) is 5.32 Å². The van der Waals surface area contributed by atoms with Crippen molar-refractivity contribution in [1.29, 1.82) is 0 Å². The van der Waals surface area contributed by atoms with Crippen LogP contribution in [0.5, 0.6) is 5.75 Å². The van der Waals surface area contributed by atoms with Crippen molar-refractivity contribution in [3.05, 3.63) is 23.2 Å². The monoisotopic (exact) mass is 256 g/mol. The van der Waals surface area contributed by atoms with E-state index in [0.717, 1.165) is 12.8 Å². The Morgan fingerprint density at radius 2 is 2.29 bits per heavy atom. The Morgan fingerprint density at radius 3 is 2.82 bits per heavy atom. The van der Waals surface area contributed by atoms with Gasteiger partial charge < -0.3 is 16.2 Å². The van der Waals surface area contributed by atoms with Crippen molar-refractivity contribution in [3.63, 3.8) is 0 Å². The number of nitrogens with one attached hydrogen (secondary N) is 1. The van der Waals surface area contributed by atoms with Crippen LogP contribution in [-0.4, -0.2) is 17.6 Å². The maximum Gasteiger partial charge on any atom is 0.228 e. The van der Waals surface area contributed by atoms with Gasteiger partial charge in [0.05, 0.1) is 10.9 Å². The van der Waals surface area contributed by atoms with E-state index in [-0.39, 0.29) is 22.6 Å². The topological polar surface area (TPSA) is 75.4 Å². The van der Waals surface area contributed by atoms with E-state index in [0.29, 0.717) is 12.2 Å². The number of anilines is 1. The summed E-state index contributed by atoms with van der Waals surface area (Å²) in [5, 5.41) is 12.2. The van der Waals surface area contributed by atoms with Gasteiger partial charge in [0, 0.05) is 12.2 Å². The molecule has 0 radical (unpaired) electrons. The maximum atomic E-state index is 11.8. The molecule has 5 heteroatoms. The number of carbonyl (C=O) groups is 1. The molecule has 1 unspecified atom stereocenters. The fraction of sp³-hybridized carbons (Fsp3) is 0.417. The van der Waals surface area contributed by atoms with Crippen molar-refractivity contribution in [2.45, 2.75) is 19.8 Å². The average Bonchev–Trinajstić information content (AvgIpc) is 2.30. The minimum atomic E-state index is -0.187. The normalized spacial score (nSPS) is 12.2. The van der Waals surface area contributed by atoms with Crippen molar-refractivity contribution in [2.24, 2.45) is 11.7 Å². The average molecular weight is 257 g/mol. The van der Waals surface area contributed by atoms with Crippen LogP contribution in [0.3, 0.4) is 0 Å². The Labute approximate surface area is 106 Å². The molecule has 0 aliphatic carbocycles. The van der Waals surface area contributed by atoms with E-state index in [1.54, 1.807) is 6.07 Å². The number of carbonyl (C=O) groups excluding carboxylic acids is 1. The van der Waals surface area contributed by atoms with Gasteiger partial charge in [0.25, 0.3) is 0 Å². The van der Waals surface area contributed by atoms with Crippen LogP contribution in [0.1, 0.15) is 19.8 Å². The number of nitrogens with two attached hydrogens (primary N) is 1. The fourth-order valence-corrected chi connectivity index (χ4v) is 1.71. The summed E-state index contributed by atoms with van der Waals surface area (Å²) in [4.78, 5) is 11.8. The molecule has 94 valence electrons. The summed E-state index contributed by atoms with van der Waals surface area (Å²) in [7, 11) is 0. The second-order valence-corrected chi connectivity index (χ2v) is 4.28. The van der Waals surface area contributed by atoms with Gasteiger partial charge in [0.15, 0.2) is 0 Å². The standard InChI is InChI=1S/C12H17ClN2O2/c1-2-3-8(7-14)12(17)15-9-4-5-11(16)10(13)6-9/h4-6,8,16H,2-3,7,14H2,1H3,(H,15,17). The number of phenolic OH excluding ortho intramolecular Hbond substituents is 1. The Bertz CT molecular complexity index is 396. The second-order valence-electron chi connectivity index (χ2n) is 3.88. The first-order valence-corrected chi connectivity index (χ1v) is 5.95. The van der Waals surface area contributed by atoms with Gasteiger partial charge >= 0.3 is 0 Å². The number of amides is 1. The fourth-order valence-electron chi connectivity index (χ4n) is 1.53. The van der Waals surface area contributed by atoms with E-state index in [4.69, 9.17) is 17.3 Å². The highest BCUT2D eigenvalue weighted by atomic mass is 35.5. The highest BCUT2D eigenvalue weighted by Gasteiger charge is 2.15. The van der Waals surface area contributed by atoms with Gasteiger partial charge in [-0.1, -0.05) is 24.9 Å². The summed E-state index contributed by atoms with van der Waals surface area (Å²) >= 11 is 5.75. The van der Waals surface area contributed by atoms with E-state index in [1.807, 2.05) is 6.92 Å². The number of hydrogen-bond donors (Lipinski definition) is 3. The van der Waals surface area contributed by atoms with Crippen LogP contribution < -0.4 is 11.1 Å². The maximum absolute atomic E-state index is 11.8. The first kappa shape index (κ1) is 13.8. The van der Waals surface area contributed by atoms with Crippen LogP contribution in [0.2, 0.25) is 5.02 Å². The molecule has 0 aliphatic heterocycles.